The van der Waals surface area contributed by atoms with E-state index in [4.69, 9.17) is 21.5 Å². The van der Waals surface area contributed by atoms with E-state index in [0.717, 1.165) is 24.8 Å². The van der Waals surface area contributed by atoms with Crippen LogP contribution in [0.3, 0.4) is 0 Å². The number of nitrogens with one attached hydrogen (secondary N) is 1. The molecule has 0 aromatic heterocycles. The van der Waals surface area contributed by atoms with Crippen LogP contribution in [0.25, 0.3) is 0 Å². The maximum Gasteiger partial charge on any atom is 0.317 e. The minimum atomic E-state index is -3.89. The van der Waals surface area contributed by atoms with Crippen LogP contribution < -0.4 is 10.5 Å². The highest BCUT2D eigenvalue weighted by molar-refractivity contribution is 7.89. The molecule has 0 aliphatic heterocycles. The van der Waals surface area contributed by atoms with Crippen molar-refractivity contribution in [3.63, 3.8) is 0 Å². The molecule has 0 spiro atoms. The van der Waals surface area contributed by atoms with Crippen LogP contribution in [0.5, 0.6) is 0 Å². The van der Waals surface area contributed by atoms with E-state index in [0.29, 0.717) is 17.9 Å². The molecule has 1 aliphatic carbocycles. The Morgan fingerprint density at radius 2 is 1.77 bits per heavy atom. The third-order valence-corrected chi connectivity index (χ3v) is 6.40. The Morgan fingerprint density at radius 3 is 2.43 bits per heavy atom. The molecule has 0 bridgehead atoms. The van der Waals surface area contributed by atoms with E-state index in [-0.39, 0.29) is 10.6 Å². The van der Waals surface area contributed by atoms with Gasteiger partial charge in [0.2, 0.25) is 10.0 Å². The Kier molecular flexibility index (Phi) is 6.80. The first-order valence-corrected chi connectivity index (χ1v) is 11.5. The molecule has 1 fully saturated rings. The summed E-state index contributed by atoms with van der Waals surface area (Å²) in [6.07, 6.45) is 4.06. The first-order valence-electron chi connectivity index (χ1n) is 9.57. The number of esters is 1. The Balaban J connectivity index is 1.69. The molecule has 0 atom stereocenters. The van der Waals surface area contributed by atoms with Gasteiger partial charge in [-0.25, -0.2) is 13.6 Å². The van der Waals surface area contributed by atoms with Gasteiger partial charge in [0, 0.05) is 10.7 Å². The number of halogens is 1. The molecule has 3 N–H and O–H groups in total. The van der Waals surface area contributed by atoms with Crippen molar-refractivity contribution in [2.24, 2.45) is 5.14 Å². The third kappa shape index (κ3) is 5.19. The highest BCUT2D eigenvalue weighted by Gasteiger charge is 2.42. The number of primary sulfonamides is 1. The number of carbonyl (C=O) groups excluding carboxylic acids is 2. The second-order valence-corrected chi connectivity index (χ2v) is 9.35. The van der Waals surface area contributed by atoms with Gasteiger partial charge >= 0.3 is 5.97 Å². The second-order valence-electron chi connectivity index (χ2n) is 7.35. The molecule has 160 valence electrons. The van der Waals surface area contributed by atoms with Crippen molar-refractivity contribution in [3.05, 3.63) is 59.1 Å². The number of sulfonamides is 1. The number of carbonyl (C=O) groups is 2. The molecule has 1 amide bonds. The lowest BCUT2D eigenvalue weighted by atomic mass is 9.69. The number of anilines is 1. The third-order valence-electron chi connectivity index (χ3n) is 5.26. The summed E-state index contributed by atoms with van der Waals surface area (Å²) < 4.78 is 28.3. The predicted octanol–water partition coefficient (Wildman–Crippen LogP) is 3.37. The molecule has 1 saturated carbocycles. The van der Waals surface area contributed by atoms with Gasteiger partial charge < -0.3 is 10.1 Å². The average Bonchev–Trinajstić information content (AvgIpc) is 2.72. The van der Waals surface area contributed by atoms with Gasteiger partial charge in [0.05, 0.1) is 10.3 Å². The first kappa shape index (κ1) is 22.3. The largest absolute Gasteiger partial charge is 0.455 e. The van der Waals surface area contributed by atoms with Crippen molar-refractivity contribution < 1.29 is 22.7 Å². The number of ether oxygens (including phenoxy) is 1. The minimum Gasteiger partial charge on any atom is -0.455 e. The van der Waals surface area contributed by atoms with Crippen molar-refractivity contribution >= 4 is 39.2 Å². The fourth-order valence-corrected chi connectivity index (χ4v) is 4.52. The van der Waals surface area contributed by atoms with Crippen molar-refractivity contribution in [3.8, 4) is 0 Å². The van der Waals surface area contributed by atoms with E-state index < -0.39 is 33.9 Å². The second kappa shape index (κ2) is 9.16. The van der Waals surface area contributed by atoms with Gasteiger partial charge in [0.25, 0.3) is 5.91 Å². The molecule has 0 heterocycles. The van der Waals surface area contributed by atoms with Crippen LogP contribution in [0.4, 0.5) is 5.69 Å². The molecule has 1 aliphatic rings. The Labute approximate surface area is 180 Å². The lowest BCUT2D eigenvalue weighted by Gasteiger charge is -2.35. The number of rotatable bonds is 6. The summed E-state index contributed by atoms with van der Waals surface area (Å²) in [5, 5.41) is 8.16. The SMILES string of the molecule is NS(=O)(=O)c1cccc(NC(=O)COC(=O)C2(c3cccc(Cl)c3)CCCCC2)c1. The standard InChI is InChI=1S/C21H23ClN2O5S/c22-16-7-4-6-15(12-16)21(10-2-1-3-11-21)20(26)29-14-19(25)24-17-8-5-9-18(13-17)30(23,27)28/h4-9,12-13H,1-3,10-11,14H2,(H,24,25)(H2,23,27,28). The molecular formula is C21H23ClN2O5S. The number of hydrogen-bond donors (Lipinski definition) is 2. The number of amides is 1. The van der Waals surface area contributed by atoms with Crippen LogP contribution in [0.1, 0.15) is 37.7 Å². The average molecular weight is 451 g/mol. The fourth-order valence-electron chi connectivity index (χ4n) is 3.77. The van der Waals surface area contributed by atoms with Crippen molar-refractivity contribution in [2.45, 2.75) is 42.4 Å². The van der Waals surface area contributed by atoms with E-state index in [2.05, 4.69) is 5.32 Å². The van der Waals surface area contributed by atoms with Crippen molar-refractivity contribution in [1.82, 2.24) is 0 Å². The molecule has 2 aromatic rings. The van der Waals surface area contributed by atoms with Gasteiger partial charge in [0.15, 0.2) is 6.61 Å². The van der Waals surface area contributed by atoms with E-state index in [1.54, 1.807) is 18.2 Å². The molecule has 30 heavy (non-hydrogen) atoms. The van der Waals surface area contributed by atoms with E-state index in [1.807, 2.05) is 6.07 Å². The van der Waals surface area contributed by atoms with Crippen molar-refractivity contribution in [1.29, 1.82) is 0 Å². The van der Waals surface area contributed by atoms with Gasteiger partial charge in [-0.3, -0.25) is 9.59 Å². The molecule has 9 heteroatoms. The molecule has 0 radical (unpaired) electrons. The Bertz CT molecular complexity index is 1050. The van der Waals surface area contributed by atoms with Crippen LogP contribution in [0.15, 0.2) is 53.4 Å². The number of hydrogen-bond acceptors (Lipinski definition) is 5. The molecule has 0 saturated heterocycles. The Hall–Kier alpha value is -2.42. The Morgan fingerprint density at radius 1 is 1.07 bits per heavy atom. The molecule has 2 aromatic carbocycles. The quantitative estimate of drug-likeness (QED) is 0.654. The van der Waals surface area contributed by atoms with Gasteiger partial charge in [-0.05, 0) is 48.7 Å². The normalized spacial score (nSPS) is 15.9. The van der Waals surface area contributed by atoms with Gasteiger partial charge in [0.1, 0.15) is 0 Å². The summed E-state index contributed by atoms with van der Waals surface area (Å²) in [5.74, 6) is -1.04. The van der Waals surface area contributed by atoms with Crippen LogP contribution in [0, 0.1) is 0 Å². The summed E-state index contributed by atoms with van der Waals surface area (Å²) in [6.45, 7) is -0.485. The van der Waals surface area contributed by atoms with E-state index in [1.165, 1.54) is 24.3 Å². The van der Waals surface area contributed by atoms with Gasteiger partial charge in [-0.15, -0.1) is 0 Å². The van der Waals surface area contributed by atoms with Gasteiger partial charge in [-0.2, -0.15) is 0 Å². The summed E-state index contributed by atoms with van der Waals surface area (Å²) in [7, 11) is -3.89. The zero-order valence-electron chi connectivity index (χ0n) is 16.3. The van der Waals surface area contributed by atoms with Crippen LogP contribution in [-0.2, 0) is 29.8 Å². The predicted molar refractivity (Wildman–Crippen MR) is 114 cm³/mol. The highest BCUT2D eigenvalue weighted by atomic mass is 35.5. The highest BCUT2D eigenvalue weighted by Crippen LogP contribution is 2.41. The summed E-state index contributed by atoms with van der Waals surface area (Å²) in [6, 6.07) is 12.7. The first-order chi connectivity index (χ1) is 14.2. The van der Waals surface area contributed by atoms with Crippen LogP contribution >= 0.6 is 11.6 Å². The lowest BCUT2D eigenvalue weighted by molar-refractivity contribution is -0.154. The van der Waals surface area contributed by atoms with Crippen LogP contribution in [0.2, 0.25) is 5.02 Å². The zero-order valence-corrected chi connectivity index (χ0v) is 17.8. The van der Waals surface area contributed by atoms with E-state index in [9.17, 15) is 18.0 Å². The topological polar surface area (TPSA) is 116 Å². The molecule has 3 rings (SSSR count). The lowest BCUT2D eigenvalue weighted by Crippen LogP contribution is -2.40. The summed E-state index contributed by atoms with van der Waals surface area (Å²) >= 11 is 6.13. The van der Waals surface area contributed by atoms with E-state index >= 15 is 0 Å². The maximum atomic E-state index is 13.0. The molecule has 7 nitrogen and oxygen atoms in total. The van der Waals surface area contributed by atoms with Crippen LogP contribution in [-0.4, -0.2) is 26.9 Å². The molecular weight excluding hydrogens is 428 g/mol. The summed E-state index contributed by atoms with van der Waals surface area (Å²) in [5.41, 5.74) is 0.211. The van der Waals surface area contributed by atoms with Gasteiger partial charge in [-0.1, -0.05) is 49.1 Å². The minimum absolute atomic E-state index is 0.126. The summed E-state index contributed by atoms with van der Waals surface area (Å²) in [4.78, 5) is 25.2. The smallest absolute Gasteiger partial charge is 0.317 e. The number of nitrogens with two attached hydrogens (primary N) is 1. The number of benzene rings is 2. The van der Waals surface area contributed by atoms with Crippen molar-refractivity contribution in [2.75, 3.05) is 11.9 Å². The molecule has 0 unspecified atom stereocenters. The maximum absolute atomic E-state index is 13.0. The fraction of sp³-hybridized carbons (Fsp3) is 0.333. The monoisotopic (exact) mass is 450 g/mol. The zero-order chi connectivity index (χ0) is 21.8.